The van der Waals surface area contributed by atoms with Crippen molar-refractivity contribution < 1.29 is 19.4 Å². The molecule has 0 bridgehead atoms. The molecule has 1 aliphatic rings. The Morgan fingerprint density at radius 1 is 1.31 bits per heavy atom. The molecule has 2 rings (SSSR count). The highest BCUT2D eigenvalue weighted by Gasteiger charge is 2.31. The second kappa shape index (κ2) is 10.8. The van der Waals surface area contributed by atoms with Gasteiger partial charge in [0.25, 0.3) is 0 Å². The molecular weight excluding hydrogens is 332 g/mol. The number of benzene rings is 1. The Hall–Kier alpha value is -2.08. The number of aliphatic carboxylic acids is 1. The van der Waals surface area contributed by atoms with E-state index in [0.29, 0.717) is 26.2 Å². The summed E-state index contributed by atoms with van der Waals surface area (Å²) in [4.78, 5) is 25.0. The minimum absolute atomic E-state index is 0.181. The van der Waals surface area contributed by atoms with Gasteiger partial charge in [-0.25, -0.2) is 0 Å². The van der Waals surface area contributed by atoms with E-state index in [4.69, 9.17) is 9.84 Å². The summed E-state index contributed by atoms with van der Waals surface area (Å²) in [5.41, 5.74) is 1.03. The zero-order valence-corrected chi connectivity index (χ0v) is 15.6. The zero-order valence-electron chi connectivity index (χ0n) is 15.6. The van der Waals surface area contributed by atoms with Crippen LogP contribution in [-0.2, 0) is 16.1 Å². The van der Waals surface area contributed by atoms with Crippen LogP contribution in [0, 0.1) is 0 Å². The lowest BCUT2D eigenvalue weighted by Crippen LogP contribution is -2.55. The first-order chi connectivity index (χ1) is 12.6. The molecule has 6 nitrogen and oxygen atoms in total. The molecule has 0 spiro atoms. The molecule has 0 aliphatic carbocycles. The number of carbonyl (C=O) groups is 2. The molecule has 26 heavy (non-hydrogen) atoms. The van der Waals surface area contributed by atoms with Gasteiger partial charge in [0.1, 0.15) is 11.8 Å². The number of unbranched alkanes of at least 4 members (excludes halogenated alkanes) is 4. The number of amides is 1. The fraction of sp³-hybridized carbons (Fsp3) is 0.600. The topological polar surface area (TPSA) is 78.9 Å². The van der Waals surface area contributed by atoms with E-state index in [9.17, 15) is 9.59 Å². The highest BCUT2D eigenvalue weighted by atomic mass is 16.5. The SMILES string of the molecule is CCCCCCCOc1cccc(CN2CCNC(=O)C2CC(=O)O)c1. The van der Waals surface area contributed by atoms with Crippen molar-refractivity contribution in [1.82, 2.24) is 10.2 Å². The van der Waals surface area contributed by atoms with Crippen molar-refractivity contribution in [3.05, 3.63) is 29.8 Å². The first-order valence-corrected chi connectivity index (χ1v) is 9.55. The molecule has 0 saturated carbocycles. The number of carbonyl (C=O) groups excluding carboxylic acids is 1. The van der Waals surface area contributed by atoms with Crippen LogP contribution in [0.5, 0.6) is 5.75 Å². The van der Waals surface area contributed by atoms with Gasteiger partial charge in [-0.15, -0.1) is 0 Å². The Morgan fingerprint density at radius 2 is 2.12 bits per heavy atom. The monoisotopic (exact) mass is 362 g/mol. The molecule has 1 unspecified atom stereocenters. The molecular formula is C20H30N2O4. The molecule has 1 heterocycles. The lowest BCUT2D eigenvalue weighted by Gasteiger charge is -2.34. The normalized spacial score (nSPS) is 17.7. The summed E-state index contributed by atoms with van der Waals surface area (Å²) in [6.45, 7) is 4.64. The summed E-state index contributed by atoms with van der Waals surface area (Å²) in [7, 11) is 0. The van der Waals surface area contributed by atoms with Gasteiger partial charge in [0, 0.05) is 19.6 Å². The lowest BCUT2D eigenvalue weighted by molar-refractivity contribution is -0.143. The third-order valence-electron chi connectivity index (χ3n) is 4.61. The highest BCUT2D eigenvalue weighted by Crippen LogP contribution is 2.18. The van der Waals surface area contributed by atoms with Crippen LogP contribution in [0.3, 0.4) is 0 Å². The Labute approximate surface area is 155 Å². The Kier molecular flexibility index (Phi) is 8.41. The summed E-state index contributed by atoms with van der Waals surface area (Å²) >= 11 is 0. The average Bonchev–Trinajstić information content (AvgIpc) is 2.61. The van der Waals surface area contributed by atoms with Gasteiger partial charge in [-0.3, -0.25) is 14.5 Å². The summed E-state index contributed by atoms with van der Waals surface area (Å²) in [6.07, 6.45) is 5.82. The van der Waals surface area contributed by atoms with Gasteiger partial charge >= 0.3 is 5.97 Å². The molecule has 144 valence electrons. The first-order valence-electron chi connectivity index (χ1n) is 9.55. The smallest absolute Gasteiger partial charge is 0.305 e. The third-order valence-corrected chi connectivity index (χ3v) is 4.61. The van der Waals surface area contributed by atoms with Gasteiger partial charge in [-0.1, -0.05) is 44.7 Å². The molecule has 1 atom stereocenters. The van der Waals surface area contributed by atoms with Crippen LogP contribution < -0.4 is 10.1 Å². The number of carboxylic acid groups (broad SMARTS) is 1. The van der Waals surface area contributed by atoms with Gasteiger partial charge in [0.15, 0.2) is 0 Å². The van der Waals surface area contributed by atoms with Gasteiger partial charge in [0.05, 0.1) is 13.0 Å². The number of ether oxygens (including phenoxy) is 1. The molecule has 0 aromatic heterocycles. The van der Waals surface area contributed by atoms with Crippen molar-refractivity contribution in [1.29, 1.82) is 0 Å². The largest absolute Gasteiger partial charge is 0.494 e. The van der Waals surface area contributed by atoms with E-state index in [0.717, 1.165) is 17.7 Å². The number of hydrogen-bond acceptors (Lipinski definition) is 4. The van der Waals surface area contributed by atoms with Gasteiger partial charge in [-0.05, 0) is 24.1 Å². The molecule has 1 saturated heterocycles. The Balaban J connectivity index is 1.88. The van der Waals surface area contributed by atoms with Crippen molar-refractivity contribution >= 4 is 11.9 Å². The molecule has 0 radical (unpaired) electrons. The number of hydrogen-bond donors (Lipinski definition) is 2. The van der Waals surface area contributed by atoms with Crippen molar-refractivity contribution in [2.75, 3.05) is 19.7 Å². The van der Waals surface area contributed by atoms with E-state index in [1.807, 2.05) is 29.2 Å². The lowest BCUT2D eigenvalue weighted by atomic mass is 10.1. The average molecular weight is 362 g/mol. The van der Waals surface area contributed by atoms with Gasteiger partial charge < -0.3 is 15.2 Å². The van der Waals surface area contributed by atoms with Gasteiger partial charge in [0.2, 0.25) is 5.91 Å². The maximum Gasteiger partial charge on any atom is 0.305 e. The molecule has 6 heteroatoms. The number of rotatable bonds is 11. The molecule has 1 amide bonds. The number of carboxylic acids is 1. The van der Waals surface area contributed by atoms with Gasteiger partial charge in [-0.2, -0.15) is 0 Å². The molecule has 1 aliphatic heterocycles. The van der Waals surface area contributed by atoms with E-state index in [2.05, 4.69) is 12.2 Å². The minimum atomic E-state index is -0.961. The van der Waals surface area contributed by atoms with Crippen LogP contribution in [0.2, 0.25) is 0 Å². The molecule has 2 N–H and O–H groups in total. The maximum absolute atomic E-state index is 12.0. The van der Waals surface area contributed by atoms with Crippen LogP contribution in [0.25, 0.3) is 0 Å². The van der Waals surface area contributed by atoms with Crippen LogP contribution >= 0.6 is 0 Å². The van der Waals surface area contributed by atoms with E-state index >= 15 is 0 Å². The van der Waals surface area contributed by atoms with E-state index in [1.165, 1.54) is 25.7 Å². The number of nitrogens with one attached hydrogen (secondary N) is 1. The molecule has 1 aromatic rings. The van der Waals surface area contributed by atoms with E-state index in [-0.39, 0.29) is 12.3 Å². The summed E-state index contributed by atoms with van der Waals surface area (Å²) in [6, 6.07) is 7.23. The van der Waals surface area contributed by atoms with E-state index in [1.54, 1.807) is 0 Å². The van der Waals surface area contributed by atoms with Crippen molar-refractivity contribution in [2.24, 2.45) is 0 Å². The first kappa shape index (κ1) is 20.2. The van der Waals surface area contributed by atoms with Crippen molar-refractivity contribution in [3.8, 4) is 5.75 Å². The van der Waals surface area contributed by atoms with Crippen LogP contribution in [0.1, 0.15) is 51.0 Å². The summed E-state index contributed by atoms with van der Waals surface area (Å²) < 4.78 is 5.84. The molecule has 1 aromatic carbocycles. The highest BCUT2D eigenvalue weighted by molar-refractivity contribution is 5.86. The van der Waals surface area contributed by atoms with E-state index < -0.39 is 12.0 Å². The summed E-state index contributed by atoms with van der Waals surface area (Å²) in [5.74, 6) is -0.343. The van der Waals surface area contributed by atoms with Crippen molar-refractivity contribution in [2.45, 2.75) is 58.0 Å². The number of nitrogens with zero attached hydrogens (tertiary/aromatic N) is 1. The fourth-order valence-electron chi connectivity index (χ4n) is 3.20. The van der Waals surface area contributed by atoms with Crippen LogP contribution in [-0.4, -0.2) is 47.6 Å². The Bertz CT molecular complexity index is 591. The van der Waals surface area contributed by atoms with Crippen LogP contribution in [0.15, 0.2) is 24.3 Å². The fourth-order valence-corrected chi connectivity index (χ4v) is 3.20. The van der Waals surface area contributed by atoms with Crippen LogP contribution in [0.4, 0.5) is 0 Å². The standard InChI is InChI=1S/C20H30N2O4/c1-2-3-4-5-6-12-26-17-9-7-8-16(13-17)15-22-11-10-21-20(25)18(22)14-19(23)24/h7-9,13,18H,2-6,10-12,14-15H2,1H3,(H,21,25)(H,23,24). The minimum Gasteiger partial charge on any atom is -0.494 e. The quantitative estimate of drug-likeness (QED) is 0.592. The third kappa shape index (κ3) is 6.67. The second-order valence-corrected chi connectivity index (χ2v) is 6.79. The number of piperazine rings is 1. The second-order valence-electron chi connectivity index (χ2n) is 6.79. The predicted octanol–water partition coefficient (Wildman–Crippen LogP) is 2.81. The summed E-state index contributed by atoms with van der Waals surface area (Å²) in [5, 5.41) is 11.8. The molecule has 1 fully saturated rings. The predicted molar refractivity (Wildman–Crippen MR) is 100 cm³/mol. The maximum atomic E-state index is 12.0. The van der Waals surface area contributed by atoms with Crippen molar-refractivity contribution in [3.63, 3.8) is 0 Å². The zero-order chi connectivity index (χ0) is 18.8. The Morgan fingerprint density at radius 3 is 2.88 bits per heavy atom.